The lowest BCUT2D eigenvalue weighted by Gasteiger charge is -2.11. The van der Waals surface area contributed by atoms with Gasteiger partial charge in [0.25, 0.3) is 5.91 Å². The number of amides is 2. The van der Waals surface area contributed by atoms with Gasteiger partial charge in [-0.25, -0.2) is 0 Å². The van der Waals surface area contributed by atoms with Crippen LogP contribution in [0.4, 0.5) is 11.4 Å². The highest BCUT2D eigenvalue weighted by molar-refractivity contribution is 6.07. The number of hydrogen-bond acceptors (Lipinski definition) is 4. The van der Waals surface area contributed by atoms with Gasteiger partial charge < -0.3 is 15.4 Å². The minimum Gasteiger partial charge on any atom is -0.496 e. The van der Waals surface area contributed by atoms with Crippen molar-refractivity contribution in [2.75, 3.05) is 17.7 Å². The van der Waals surface area contributed by atoms with E-state index in [1.54, 1.807) is 36.4 Å². The summed E-state index contributed by atoms with van der Waals surface area (Å²) in [4.78, 5) is 23.6. The van der Waals surface area contributed by atoms with Gasteiger partial charge in [-0.3, -0.25) is 9.59 Å². The van der Waals surface area contributed by atoms with E-state index in [9.17, 15) is 9.59 Å². The molecule has 0 aliphatic heterocycles. The van der Waals surface area contributed by atoms with Gasteiger partial charge in [0, 0.05) is 18.3 Å². The maximum Gasteiger partial charge on any atom is 0.259 e. The fourth-order valence-corrected chi connectivity index (χ4v) is 2.03. The second kappa shape index (κ2) is 7.09. The Morgan fingerprint density at radius 3 is 2.48 bits per heavy atom. The van der Waals surface area contributed by atoms with Crippen molar-refractivity contribution in [3.63, 3.8) is 0 Å². The molecule has 6 heteroatoms. The van der Waals surface area contributed by atoms with Crippen LogP contribution in [0.3, 0.4) is 0 Å². The van der Waals surface area contributed by atoms with Crippen LogP contribution in [0.15, 0.2) is 42.5 Å². The maximum atomic E-state index is 12.4. The maximum absolute atomic E-state index is 12.4. The Morgan fingerprint density at radius 1 is 1.09 bits per heavy atom. The van der Waals surface area contributed by atoms with Gasteiger partial charge in [-0.15, -0.1) is 0 Å². The van der Waals surface area contributed by atoms with Crippen LogP contribution in [0.25, 0.3) is 0 Å². The number of nitriles is 1. The third-order valence-corrected chi connectivity index (χ3v) is 3.01. The topological polar surface area (TPSA) is 91.2 Å². The normalized spacial score (nSPS) is 9.61. The Hall–Kier alpha value is -3.33. The molecule has 0 atom stereocenters. The number of anilines is 2. The van der Waals surface area contributed by atoms with Crippen molar-refractivity contribution in [2.24, 2.45) is 0 Å². The third kappa shape index (κ3) is 4.08. The Morgan fingerprint density at radius 2 is 1.83 bits per heavy atom. The summed E-state index contributed by atoms with van der Waals surface area (Å²) >= 11 is 0. The summed E-state index contributed by atoms with van der Waals surface area (Å²) in [6, 6.07) is 13.4. The number of rotatable bonds is 4. The molecule has 6 nitrogen and oxygen atoms in total. The zero-order valence-corrected chi connectivity index (χ0v) is 12.7. The molecule has 23 heavy (non-hydrogen) atoms. The number of nitrogens with one attached hydrogen (secondary N) is 2. The highest BCUT2D eigenvalue weighted by atomic mass is 16.5. The highest BCUT2D eigenvalue weighted by Gasteiger charge is 2.14. The zero-order valence-electron chi connectivity index (χ0n) is 12.7. The largest absolute Gasteiger partial charge is 0.496 e. The minimum absolute atomic E-state index is 0.233. The quantitative estimate of drug-likeness (QED) is 0.908. The van der Waals surface area contributed by atoms with Gasteiger partial charge in [0.2, 0.25) is 5.91 Å². The van der Waals surface area contributed by atoms with E-state index in [-0.39, 0.29) is 11.5 Å². The summed E-state index contributed by atoms with van der Waals surface area (Å²) in [5, 5.41) is 14.2. The summed E-state index contributed by atoms with van der Waals surface area (Å²) in [6.07, 6.45) is 0. The van der Waals surface area contributed by atoms with Crippen LogP contribution in [0.2, 0.25) is 0 Å². The smallest absolute Gasteiger partial charge is 0.259 e. The van der Waals surface area contributed by atoms with Crippen molar-refractivity contribution in [1.82, 2.24) is 0 Å². The van der Waals surface area contributed by atoms with E-state index in [1.165, 1.54) is 20.1 Å². The summed E-state index contributed by atoms with van der Waals surface area (Å²) in [5.41, 5.74) is 1.72. The Bertz CT molecular complexity index is 794. The molecule has 2 aromatic carbocycles. The molecule has 0 aliphatic rings. The van der Waals surface area contributed by atoms with Crippen molar-refractivity contribution < 1.29 is 14.3 Å². The summed E-state index contributed by atoms with van der Waals surface area (Å²) in [6.45, 7) is 1.39. The van der Waals surface area contributed by atoms with Crippen molar-refractivity contribution in [1.29, 1.82) is 5.26 Å². The second-order valence-corrected chi connectivity index (χ2v) is 4.74. The van der Waals surface area contributed by atoms with E-state index in [1.807, 2.05) is 6.07 Å². The average Bonchev–Trinajstić information content (AvgIpc) is 2.54. The summed E-state index contributed by atoms with van der Waals surface area (Å²) in [5.74, 6) is -0.250. The molecule has 0 saturated heterocycles. The van der Waals surface area contributed by atoms with Gasteiger partial charge in [-0.05, 0) is 36.4 Å². The van der Waals surface area contributed by atoms with E-state index < -0.39 is 5.91 Å². The van der Waals surface area contributed by atoms with Gasteiger partial charge in [-0.1, -0.05) is 6.07 Å². The van der Waals surface area contributed by atoms with Crippen LogP contribution in [0.5, 0.6) is 5.75 Å². The number of ether oxygens (including phenoxy) is 1. The number of benzene rings is 2. The molecule has 2 N–H and O–H groups in total. The van der Waals surface area contributed by atoms with Crippen LogP contribution in [0.1, 0.15) is 22.8 Å². The molecule has 0 heterocycles. The number of methoxy groups -OCH3 is 1. The van der Waals surface area contributed by atoms with E-state index in [0.717, 1.165) is 0 Å². The lowest BCUT2D eigenvalue weighted by molar-refractivity contribution is -0.114. The van der Waals surface area contributed by atoms with Gasteiger partial charge in [-0.2, -0.15) is 5.26 Å². The van der Waals surface area contributed by atoms with E-state index in [0.29, 0.717) is 22.7 Å². The van der Waals surface area contributed by atoms with Gasteiger partial charge >= 0.3 is 0 Å². The molecule has 0 bridgehead atoms. The number of carbonyl (C=O) groups excluding carboxylic acids is 2. The first kappa shape index (κ1) is 16.0. The Balaban J connectivity index is 2.29. The van der Waals surface area contributed by atoms with Crippen molar-refractivity contribution in [3.05, 3.63) is 53.6 Å². The minimum atomic E-state index is -0.399. The SMILES string of the molecule is COc1ccc(NC(C)=O)cc1C(=O)Nc1cccc(C#N)c1. The monoisotopic (exact) mass is 309 g/mol. The first-order valence-electron chi connectivity index (χ1n) is 6.80. The Kier molecular flexibility index (Phi) is 4.95. The lowest BCUT2D eigenvalue weighted by atomic mass is 10.1. The Labute approximate surface area is 133 Å². The van der Waals surface area contributed by atoms with Crippen LogP contribution < -0.4 is 15.4 Å². The third-order valence-electron chi connectivity index (χ3n) is 3.01. The molecule has 116 valence electrons. The second-order valence-electron chi connectivity index (χ2n) is 4.74. The van der Waals surface area contributed by atoms with Crippen LogP contribution in [-0.2, 0) is 4.79 Å². The van der Waals surface area contributed by atoms with Crippen molar-refractivity contribution >= 4 is 23.2 Å². The molecular weight excluding hydrogens is 294 g/mol. The van der Waals surface area contributed by atoms with Gasteiger partial charge in [0.15, 0.2) is 0 Å². The van der Waals surface area contributed by atoms with Gasteiger partial charge in [0.1, 0.15) is 5.75 Å². The molecule has 2 rings (SSSR count). The molecule has 0 spiro atoms. The molecule has 0 fully saturated rings. The highest BCUT2D eigenvalue weighted by Crippen LogP contribution is 2.24. The predicted molar refractivity (Wildman–Crippen MR) is 86.4 cm³/mol. The fraction of sp³-hybridized carbons (Fsp3) is 0.118. The van der Waals surface area contributed by atoms with E-state index >= 15 is 0 Å². The predicted octanol–water partition coefficient (Wildman–Crippen LogP) is 2.78. The molecule has 2 aromatic rings. The fourth-order valence-electron chi connectivity index (χ4n) is 2.03. The molecule has 0 unspecified atom stereocenters. The number of hydrogen-bond donors (Lipinski definition) is 2. The standard InChI is InChI=1S/C17H15N3O3/c1-11(21)19-14-6-7-16(23-2)15(9-14)17(22)20-13-5-3-4-12(8-13)10-18/h3-9H,1-2H3,(H,19,21)(H,20,22). The van der Waals surface area contributed by atoms with E-state index in [4.69, 9.17) is 10.00 Å². The average molecular weight is 309 g/mol. The van der Waals surface area contributed by atoms with Gasteiger partial charge in [0.05, 0.1) is 24.3 Å². The summed E-state index contributed by atoms with van der Waals surface area (Å²) in [7, 11) is 1.46. The van der Waals surface area contributed by atoms with E-state index in [2.05, 4.69) is 10.6 Å². The molecule has 0 saturated carbocycles. The molecule has 0 radical (unpaired) electrons. The molecule has 2 amide bonds. The molecular formula is C17H15N3O3. The van der Waals surface area contributed by atoms with Crippen LogP contribution in [0, 0.1) is 11.3 Å². The first-order valence-corrected chi connectivity index (χ1v) is 6.80. The molecule has 0 aromatic heterocycles. The van der Waals surface area contributed by atoms with Crippen LogP contribution in [-0.4, -0.2) is 18.9 Å². The molecule has 0 aliphatic carbocycles. The van der Waals surface area contributed by atoms with Crippen molar-refractivity contribution in [2.45, 2.75) is 6.92 Å². The number of carbonyl (C=O) groups is 2. The first-order chi connectivity index (χ1) is 11.0. The van der Waals surface area contributed by atoms with Crippen LogP contribution >= 0.6 is 0 Å². The lowest BCUT2D eigenvalue weighted by Crippen LogP contribution is -2.14. The van der Waals surface area contributed by atoms with Crippen molar-refractivity contribution in [3.8, 4) is 11.8 Å². The number of nitrogens with zero attached hydrogens (tertiary/aromatic N) is 1. The zero-order chi connectivity index (χ0) is 16.8. The summed E-state index contributed by atoms with van der Waals surface area (Å²) < 4.78 is 5.18.